The molecule has 0 aliphatic heterocycles. The van der Waals surface area contributed by atoms with E-state index in [0.29, 0.717) is 5.25 Å². The maximum absolute atomic E-state index is 6.38. The van der Waals surface area contributed by atoms with Gasteiger partial charge < -0.3 is 10.2 Å². The zero-order chi connectivity index (χ0) is 12.4. The van der Waals surface area contributed by atoms with Crippen LogP contribution in [0.2, 0.25) is 0 Å². The molecule has 0 spiro atoms. The SMILES string of the molecule is NC1c2ccccc2CCC1SCc1ccco1. The lowest BCUT2D eigenvalue weighted by Gasteiger charge is -2.30. The van der Waals surface area contributed by atoms with Gasteiger partial charge in [-0.2, -0.15) is 0 Å². The van der Waals surface area contributed by atoms with Crippen LogP contribution in [0.3, 0.4) is 0 Å². The van der Waals surface area contributed by atoms with E-state index in [2.05, 4.69) is 24.3 Å². The molecule has 0 amide bonds. The van der Waals surface area contributed by atoms with Crippen LogP contribution in [-0.4, -0.2) is 5.25 Å². The van der Waals surface area contributed by atoms with Gasteiger partial charge in [-0.05, 0) is 36.1 Å². The molecule has 0 fully saturated rings. The van der Waals surface area contributed by atoms with Crippen LogP contribution in [0.25, 0.3) is 0 Å². The first-order valence-corrected chi connectivity index (χ1v) is 7.37. The molecule has 1 aliphatic rings. The van der Waals surface area contributed by atoms with Crippen molar-refractivity contribution in [3.05, 3.63) is 59.5 Å². The fraction of sp³-hybridized carbons (Fsp3) is 0.333. The number of hydrogen-bond donors (Lipinski definition) is 1. The second kappa shape index (κ2) is 5.21. The van der Waals surface area contributed by atoms with Gasteiger partial charge in [0, 0.05) is 11.3 Å². The maximum Gasteiger partial charge on any atom is 0.113 e. The number of nitrogens with two attached hydrogens (primary N) is 1. The quantitative estimate of drug-likeness (QED) is 0.916. The van der Waals surface area contributed by atoms with Crippen molar-refractivity contribution in [1.82, 2.24) is 0 Å². The predicted octanol–water partition coefficient (Wildman–Crippen LogP) is 3.53. The van der Waals surface area contributed by atoms with Gasteiger partial charge in [-0.3, -0.25) is 0 Å². The molecular formula is C15H17NOS. The summed E-state index contributed by atoms with van der Waals surface area (Å²) >= 11 is 1.91. The van der Waals surface area contributed by atoms with E-state index in [1.807, 2.05) is 23.9 Å². The largest absolute Gasteiger partial charge is 0.468 e. The Morgan fingerprint density at radius 1 is 1.22 bits per heavy atom. The van der Waals surface area contributed by atoms with Gasteiger partial charge in [0.15, 0.2) is 0 Å². The average molecular weight is 259 g/mol. The molecule has 18 heavy (non-hydrogen) atoms. The average Bonchev–Trinajstić information content (AvgIpc) is 2.91. The minimum Gasteiger partial charge on any atom is -0.468 e. The first-order valence-electron chi connectivity index (χ1n) is 6.32. The van der Waals surface area contributed by atoms with Crippen molar-refractivity contribution in [3.8, 4) is 0 Å². The second-order valence-corrected chi connectivity index (χ2v) is 5.92. The molecule has 2 unspecified atom stereocenters. The van der Waals surface area contributed by atoms with Crippen molar-refractivity contribution in [2.45, 2.75) is 29.9 Å². The van der Waals surface area contributed by atoms with Gasteiger partial charge in [0.2, 0.25) is 0 Å². The lowest BCUT2D eigenvalue weighted by molar-refractivity contribution is 0.528. The molecule has 2 aromatic rings. The van der Waals surface area contributed by atoms with Gasteiger partial charge in [-0.15, -0.1) is 11.8 Å². The van der Waals surface area contributed by atoms with Crippen molar-refractivity contribution < 1.29 is 4.42 Å². The number of fused-ring (bicyclic) bond motifs is 1. The maximum atomic E-state index is 6.38. The first kappa shape index (κ1) is 11.9. The summed E-state index contributed by atoms with van der Waals surface area (Å²) in [4.78, 5) is 0. The number of rotatable bonds is 3. The Morgan fingerprint density at radius 3 is 2.94 bits per heavy atom. The fourth-order valence-corrected chi connectivity index (χ4v) is 3.72. The Balaban J connectivity index is 1.69. The summed E-state index contributed by atoms with van der Waals surface area (Å²) in [7, 11) is 0. The van der Waals surface area contributed by atoms with Crippen LogP contribution in [0, 0.1) is 0 Å². The third kappa shape index (κ3) is 2.33. The lowest BCUT2D eigenvalue weighted by Crippen LogP contribution is -2.29. The Bertz CT molecular complexity index is 509. The van der Waals surface area contributed by atoms with Gasteiger partial charge in [-0.25, -0.2) is 0 Å². The summed E-state index contributed by atoms with van der Waals surface area (Å²) in [5.74, 6) is 1.94. The highest BCUT2D eigenvalue weighted by Crippen LogP contribution is 2.36. The molecular weight excluding hydrogens is 242 g/mol. The predicted molar refractivity (Wildman–Crippen MR) is 75.5 cm³/mol. The topological polar surface area (TPSA) is 39.2 Å². The number of benzene rings is 1. The highest BCUT2D eigenvalue weighted by molar-refractivity contribution is 7.99. The Morgan fingerprint density at radius 2 is 2.11 bits per heavy atom. The Labute approximate surface area is 112 Å². The van der Waals surface area contributed by atoms with E-state index in [0.717, 1.165) is 24.4 Å². The summed E-state index contributed by atoms with van der Waals surface area (Å²) in [5, 5.41) is 0.491. The molecule has 94 valence electrons. The van der Waals surface area contributed by atoms with Crippen LogP contribution >= 0.6 is 11.8 Å². The van der Waals surface area contributed by atoms with Crippen molar-refractivity contribution in [2.24, 2.45) is 5.73 Å². The van der Waals surface area contributed by atoms with Crippen LogP contribution in [0.4, 0.5) is 0 Å². The van der Waals surface area contributed by atoms with Gasteiger partial charge >= 0.3 is 0 Å². The van der Waals surface area contributed by atoms with Crippen LogP contribution in [0.15, 0.2) is 47.1 Å². The third-order valence-corrected chi connectivity index (χ3v) is 4.94. The van der Waals surface area contributed by atoms with Crippen LogP contribution in [0.5, 0.6) is 0 Å². The van der Waals surface area contributed by atoms with E-state index < -0.39 is 0 Å². The number of aryl methyl sites for hydroxylation is 1. The molecule has 3 heteroatoms. The summed E-state index contributed by atoms with van der Waals surface area (Å²) in [6, 6.07) is 12.7. The molecule has 1 aliphatic carbocycles. The minimum atomic E-state index is 0.148. The zero-order valence-corrected chi connectivity index (χ0v) is 11.0. The van der Waals surface area contributed by atoms with Crippen LogP contribution in [-0.2, 0) is 12.2 Å². The van der Waals surface area contributed by atoms with Crippen molar-refractivity contribution in [2.75, 3.05) is 0 Å². The van der Waals surface area contributed by atoms with Crippen LogP contribution < -0.4 is 5.73 Å². The van der Waals surface area contributed by atoms with Crippen LogP contribution in [0.1, 0.15) is 29.3 Å². The van der Waals surface area contributed by atoms with Gasteiger partial charge in [0.05, 0.1) is 12.0 Å². The number of thioether (sulfide) groups is 1. The van der Waals surface area contributed by atoms with E-state index in [4.69, 9.17) is 10.2 Å². The minimum absolute atomic E-state index is 0.148. The van der Waals surface area contributed by atoms with E-state index in [9.17, 15) is 0 Å². The highest BCUT2D eigenvalue weighted by atomic mass is 32.2. The number of hydrogen-bond acceptors (Lipinski definition) is 3. The van der Waals surface area contributed by atoms with E-state index in [-0.39, 0.29) is 6.04 Å². The highest BCUT2D eigenvalue weighted by Gasteiger charge is 2.26. The lowest BCUT2D eigenvalue weighted by atomic mass is 9.88. The first-order chi connectivity index (χ1) is 8.84. The Hall–Kier alpha value is -1.19. The van der Waals surface area contributed by atoms with Crippen molar-refractivity contribution >= 4 is 11.8 Å². The smallest absolute Gasteiger partial charge is 0.113 e. The molecule has 2 atom stereocenters. The molecule has 3 rings (SSSR count). The van der Waals surface area contributed by atoms with E-state index in [1.165, 1.54) is 11.1 Å². The standard InChI is InChI=1S/C15H17NOS/c16-15-13-6-2-1-4-11(13)7-8-14(15)18-10-12-5-3-9-17-12/h1-6,9,14-15H,7-8,10,16H2. The molecule has 0 saturated carbocycles. The third-order valence-electron chi connectivity index (χ3n) is 3.53. The van der Waals surface area contributed by atoms with E-state index in [1.54, 1.807) is 6.26 Å². The van der Waals surface area contributed by atoms with Crippen molar-refractivity contribution in [1.29, 1.82) is 0 Å². The summed E-state index contributed by atoms with van der Waals surface area (Å²) in [5.41, 5.74) is 9.12. The van der Waals surface area contributed by atoms with Gasteiger partial charge in [0.1, 0.15) is 5.76 Å². The van der Waals surface area contributed by atoms with Gasteiger partial charge in [-0.1, -0.05) is 24.3 Å². The molecule has 0 radical (unpaired) electrons. The molecule has 1 aromatic carbocycles. The number of furan rings is 1. The van der Waals surface area contributed by atoms with Crippen molar-refractivity contribution in [3.63, 3.8) is 0 Å². The monoisotopic (exact) mass is 259 g/mol. The molecule has 0 saturated heterocycles. The zero-order valence-electron chi connectivity index (χ0n) is 10.2. The summed E-state index contributed by atoms with van der Waals surface area (Å²) in [6.07, 6.45) is 4.02. The summed E-state index contributed by atoms with van der Waals surface area (Å²) < 4.78 is 5.37. The summed E-state index contributed by atoms with van der Waals surface area (Å²) in [6.45, 7) is 0. The molecule has 0 bridgehead atoms. The van der Waals surface area contributed by atoms with E-state index >= 15 is 0 Å². The second-order valence-electron chi connectivity index (χ2n) is 4.69. The Kier molecular flexibility index (Phi) is 3.43. The molecule has 1 heterocycles. The molecule has 1 aromatic heterocycles. The fourth-order valence-electron chi connectivity index (χ4n) is 2.54. The molecule has 2 N–H and O–H groups in total. The molecule has 2 nitrogen and oxygen atoms in total. The normalized spacial score (nSPS) is 22.7. The van der Waals surface area contributed by atoms with Gasteiger partial charge in [0.25, 0.3) is 0 Å².